The van der Waals surface area contributed by atoms with Gasteiger partial charge in [0, 0.05) is 12.8 Å². The molecule has 0 rings (SSSR count). The van der Waals surface area contributed by atoms with E-state index in [0.717, 1.165) is 51.4 Å². The first-order valence-corrected chi connectivity index (χ1v) is 34.1. The first-order chi connectivity index (χ1) is 37.0. The number of esters is 1. The van der Waals surface area contributed by atoms with Gasteiger partial charge in [0.05, 0.1) is 25.4 Å². The number of carbonyl (C=O) groups is 2. The predicted octanol–water partition coefficient (Wildman–Crippen LogP) is 21.8. The number of nitrogens with one attached hydrogen (secondary N) is 1. The summed E-state index contributed by atoms with van der Waals surface area (Å²) >= 11 is 0. The Kier molecular flexibility index (Phi) is 63.4. The highest BCUT2D eigenvalue weighted by Crippen LogP contribution is 2.19. The van der Waals surface area contributed by atoms with E-state index >= 15 is 0 Å². The zero-order chi connectivity index (χ0) is 54.3. The van der Waals surface area contributed by atoms with Gasteiger partial charge >= 0.3 is 5.97 Å². The van der Waals surface area contributed by atoms with Gasteiger partial charge < -0.3 is 20.3 Å². The summed E-state index contributed by atoms with van der Waals surface area (Å²) in [6.45, 7) is 4.94. The van der Waals surface area contributed by atoms with E-state index in [1.54, 1.807) is 0 Å². The fourth-order valence-electron chi connectivity index (χ4n) is 10.8. The van der Waals surface area contributed by atoms with Crippen molar-refractivity contribution in [3.63, 3.8) is 0 Å². The molecule has 0 aliphatic heterocycles. The second kappa shape index (κ2) is 64.9. The maximum atomic E-state index is 12.5. The van der Waals surface area contributed by atoms with Crippen LogP contribution in [-0.4, -0.2) is 47.4 Å². The van der Waals surface area contributed by atoms with Crippen molar-refractivity contribution in [1.82, 2.24) is 5.32 Å². The lowest BCUT2D eigenvalue weighted by Crippen LogP contribution is -2.45. The summed E-state index contributed by atoms with van der Waals surface area (Å²) in [7, 11) is 0. The monoisotopic (exact) mass is 1060 g/mol. The molecule has 1 amide bonds. The Balaban J connectivity index is 3.40. The van der Waals surface area contributed by atoms with Gasteiger partial charge in [-0.15, -0.1) is 0 Å². The summed E-state index contributed by atoms with van der Waals surface area (Å²) in [6, 6.07) is -0.544. The van der Waals surface area contributed by atoms with Gasteiger partial charge in [-0.2, -0.15) is 0 Å². The minimum absolute atomic E-state index is 0.00306. The van der Waals surface area contributed by atoms with E-state index in [9.17, 15) is 19.8 Å². The lowest BCUT2D eigenvalue weighted by Gasteiger charge is -2.22. The molecule has 2 unspecified atom stereocenters. The highest BCUT2D eigenvalue weighted by Gasteiger charge is 2.20. The van der Waals surface area contributed by atoms with Crippen LogP contribution in [0.4, 0.5) is 0 Å². The molecule has 0 spiro atoms. The summed E-state index contributed by atoms with van der Waals surface area (Å²) in [6.07, 6.45) is 80.6. The van der Waals surface area contributed by atoms with Gasteiger partial charge in [0.1, 0.15) is 0 Å². The molecule has 0 fully saturated rings. The van der Waals surface area contributed by atoms with Crippen molar-refractivity contribution in [3.8, 4) is 0 Å². The fourth-order valence-corrected chi connectivity index (χ4v) is 10.8. The number of allylic oxidation sites excluding steroid dienone is 4. The highest BCUT2D eigenvalue weighted by molar-refractivity contribution is 5.76. The van der Waals surface area contributed by atoms with Crippen LogP contribution in [0.3, 0.4) is 0 Å². The van der Waals surface area contributed by atoms with E-state index in [-0.39, 0.29) is 18.5 Å². The molecule has 0 aliphatic rings. The minimum atomic E-state index is -0.667. The van der Waals surface area contributed by atoms with Crippen LogP contribution in [0.15, 0.2) is 24.3 Å². The van der Waals surface area contributed by atoms with E-state index in [1.807, 2.05) is 0 Å². The third-order valence-electron chi connectivity index (χ3n) is 16.0. The van der Waals surface area contributed by atoms with Gasteiger partial charge in [0.25, 0.3) is 0 Å². The standard InChI is InChI=1S/C69H133NO5/c1-3-5-7-9-11-13-15-17-19-20-21-22-23-24-25-28-31-34-37-41-45-49-53-57-61-67(72)66(65-71)70-68(73)62-58-54-50-46-42-38-35-32-29-26-27-30-33-36-40-44-48-52-56-60-64-75-69(74)63-59-55-51-47-43-39-18-16-14-12-10-8-6-4-2/h10,12,16,18,66-67,71-72H,3-9,11,13-15,17,19-65H2,1-2H3,(H,70,73)/b12-10-,18-16-. The first-order valence-electron chi connectivity index (χ1n) is 34.1. The predicted molar refractivity (Wildman–Crippen MR) is 329 cm³/mol. The molecule has 0 saturated heterocycles. The van der Waals surface area contributed by atoms with Gasteiger partial charge in [0.2, 0.25) is 5.91 Å². The Hall–Kier alpha value is -1.66. The summed E-state index contributed by atoms with van der Waals surface area (Å²) < 4.78 is 5.48. The summed E-state index contributed by atoms with van der Waals surface area (Å²) in [5.41, 5.74) is 0. The quantitative estimate of drug-likeness (QED) is 0.0320. The Bertz CT molecular complexity index is 1170. The van der Waals surface area contributed by atoms with Crippen molar-refractivity contribution in [2.45, 2.75) is 392 Å². The van der Waals surface area contributed by atoms with Crippen molar-refractivity contribution < 1.29 is 24.5 Å². The Morgan fingerprint density at radius 3 is 1.05 bits per heavy atom. The van der Waals surface area contributed by atoms with Crippen LogP contribution in [0.1, 0.15) is 380 Å². The van der Waals surface area contributed by atoms with Crippen LogP contribution in [0, 0.1) is 0 Å². The van der Waals surface area contributed by atoms with E-state index in [1.165, 1.54) is 295 Å². The summed E-state index contributed by atoms with van der Waals surface area (Å²) in [5.74, 6) is -0.0357. The van der Waals surface area contributed by atoms with Crippen molar-refractivity contribution in [2.75, 3.05) is 13.2 Å². The molecule has 0 aliphatic carbocycles. The molecule has 444 valence electrons. The maximum absolute atomic E-state index is 12.5. The molecule has 75 heavy (non-hydrogen) atoms. The van der Waals surface area contributed by atoms with Crippen LogP contribution in [0.25, 0.3) is 0 Å². The topological polar surface area (TPSA) is 95.9 Å². The average molecular weight is 1060 g/mol. The molecular formula is C69H133NO5. The summed E-state index contributed by atoms with van der Waals surface area (Å²) in [4.78, 5) is 24.6. The molecule has 0 aromatic rings. The second-order valence-corrected chi connectivity index (χ2v) is 23.5. The SMILES string of the molecule is CCCC/C=C\C/C=C\CCCCCCCC(=O)OCCCCCCCCCCCCCCCCCCCCCCC(=O)NC(CO)C(O)CCCCCCCCCCCCCCCCCCCCCCCCCC. The van der Waals surface area contributed by atoms with Crippen LogP contribution >= 0.6 is 0 Å². The van der Waals surface area contributed by atoms with Crippen LogP contribution in [-0.2, 0) is 14.3 Å². The number of ether oxygens (including phenoxy) is 1. The third kappa shape index (κ3) is 61.4. The van der Waals surface area contributed by atoms with Crippen molar-refractivity contribution in [2.24, 2.45) is 0 Å². The molecule has 3 N–H and O–H groups in total. The van der Waals surface area contributed by atoms with Crippen molar-refractivity contribution >= 4 is 11.9 Å². The Morgan fingerprint density at radius 1 is 0.373 bits per heavy atom. The molecule has 0 saturated carbocycles. The van der Waals surface area contributed by atoms with E-state index in [2.05, 4.69) is 43.5 Å². The molecule has 0 heterocycles. The Labute approximate surface area is 469 Å². The van der Waals surface area contributed by atoms with Crippen LogP contribution < -0.4 is 5.32 Å². The number of aliphatic hydroxyl groups is 2. The minimum Gasteiger partial charge on any atom is -0.466 e. The largest absolute Gasteiger partial charge is 0.466 e. The lowest BCUT2D eigenvalue weighted by atomic mass is 10.0. The van der Waals surface area contributed by atoms with Gasteiger partial charge in [-0.05, 0) is 51.4 Å². The smallest absolute Gasteiger partial charge is 0.305 e. The van der Waals surface area contributed by atoms with Crippen LogP contribution in [0.5, 0.6) is 0 Å². The molecule has 0 aromatic heterocycles. The summed E-state index contributed by atoms with van der Waals surface area (Å²) in [5, 5.41) is 23.4. The Morgan fingerprint density at radius 2 is 0.680 bits per heavy atom. The van der Waals surface area contributed by atoms with Crippen molar-refractivity contribution in [1.29, 1.82) is 0 Å². The fraction of sp³-hybridized carbons (Fsp3) is 0.913. The number of carbonyl (C=O) groups excluding carboxylic acids is 2. The molecule has 0 aromatic carbocycles. The highest BCUT2D eigenvalue weighted by atomic mass is 16.5. The van der Waals surface area contributed by atoms with E-state index in [0.29, 0.717) is 25.9 Å². The number of amides is 1. The second-order valence-electron chi connectivity index (χ2n) is 23.5. The molecule has 6 nitrogen and oxygen atoms in total. The lowest BCUT2D eigenvalue weighted by molar-refractivity contribution is -0.143. The number of rotatable bonds is 64. The molecule has 6 heteroatoms. The third-order valence-corrected chi connectivity index (χ3v) is 16.0. The molecular weight excluding hydrogens is 923 g/mol. The zero-order valence-corrected chi connectivity index (χ0v) is 50.8. The number of unbranched alkanes of at least 4 members (excludes halogenated alkanes) is 49. The van der Waals surface area contributed by atoms with Crippen LogP contribution in [0.2, 0.25) is 0 Å². The average Bonchev–Trinajstić information content (AvgIpc) is 3.41. The molecule has 0 bridgehead atoms. The number of aliphatic hydroxyl groups excluding tert-OH is 2. The maximum Gasteiger partial charge on any atom is 0.305 e. The normalized spacial score (nSPS) is 12.6. The zero-order valence-electron chi connectivity index (χ0n) is 50.8. The number of hydrogen-bond donors (Lipinski definition) is 3. The van der Waals surface area contributed by atoms with Gasteiger partial charge in [-0.1, -0.05) is 340 Å². The van der Waals surface area contributed by atoms with Gasteiger partial charge in [-0.25, -0.2) is 0 Å². The van der Waals surface area contributed by atoms with Gasteiger partial charge in [0.15, 0.2) is 0 Å². The first kappa shape index (κ1) is 73.3. The van der Waals surface area contributed by atoms with E-state index in [4.69, 9.17) is 4.74 Å². The van der Waals surface area contributed by atoms with Crippen molar-refractivity contribution in [3.05, 3.63) is 24.3 Å². The molecule has 0 radical (unpaired) electrons. The number of hydrogen-bond acceptors (Lipinski definition) is 5. The molecule has 2 atom stereocenters. The van der Waals surface area contributed by atoms with E-state index < -0.39 is 12.1 Å². The van der Waals surface area contributed by atoms with Gasteiger partial charge in [-0.3, -0.25) is 9.59 Å².